The lowest BCUT2D eigenvalue weighted by atomic mass is 9.66. The summed E-state index contributed by atoms with van der Waals surface area (Å²) >= 11 is 0. The molecule has 0 aliphatic heterocycles. The molecule has 2 heterocycles. The van der Waals surface area contributed by atoms with E-state index in [0.717, 1.165) is 60.4 Å². The Labute approximate surface area is 364 Å². The summed E-state index contributed by atoms with van der Waals surface area (Å²) in [5, 5.41) is 14.5. The van der Waals surface area contributed by atoms with Crippen LogP contribution in [0.4, 0.5) is 0 Å². The van der Waals surface area contributed by atoms with E-state index in [1.165, 1.54) is 33.4 Å². The van der Waals surface area contributed by atoms with Crippen LogP contribution in [0.15, 0.2) is 228 Å². The summed E-state index contributed by atoms with van der Waals surface area (Å²) in [4.78, 5) is 14.0. The summed E-state index contributed by atoms with van der Waals surface area (Å²) in [7, 11) is 0. The second kappa shape index (κ2) is 14.6. The minimum atomic E-state index is -0.592. The number of fused-ring (bicyclic) bond motifs is 10. The Balaban J connectivity index is 1.05. The van der Waals surface area contributed by atoms with Crippen LogP contribution in [-0.2, 0) is 5.41 Å². The van der Waals surface area contributed by atoms with Crippen LogP contribution in [0.5, 0.6) is 0 Å². The second-order valence-electron chi connectivity index (χ2n) is 16.1. The largest absolute Gasteiger partial charge is 0.354 e. The van der Waals surface area contributed by atoms with Gasteiger partial charge in [0.15, 0.2) is 11.7 Å². The van der Waals surface area contributed by atoms with Gasteiger partial charge in [-0.2, -0.15) is 0 Å². The van der Waals surface area contributed by atoms with Gasteiger partial charge in [-0.15, -0.1) is 0 Å². The average Bonchev–Trinajstić information content (AvgIpc) is 4.00. The van der Waals surface area contributed by atoms with E-state index in [1.54, 1.807) is 0 Å². The summed E-state index contributed by atoms with van der Waals surface area (Å²) in [5.74, 6) is 0.571. The maximum absolute atomic E-state index is 9.83. The Hall–Kier alpha value is -8.41. The van der Waals surface area contributed by atoms with Crippen molar-refractivity contribution in [1.29, 1.82) is 5.41 Å². The lowest BCUT2D eigenvalue weighted by Gasteiger charge is -2.34. The Morgan fingerprint density at radius 3 is 1.95 bits per heavy atom. The smallest absolute Gasteiger partial charge is 0.161 e. The predicted octanol–water partition coefficient (Wildman–Crippen LogP) is 13.7. The molecule has 0 fully saturated rings. The summed E-state index contributed by atoms with van der Waals surface area (Å²) in [6, 6.07) is 76.5. The topological polar surface area (TPSA) is 69.3 Å². The van der Waals surface area contributed by atoms with Gasteiger partial charge in [0.25, 0.3) is 0 Å². The van der Waals surface area contributed by atoms with E-state index >= 15 is 0 Å². The molecule has 0 bridgehead atoms. The van der Waals surface area contributed by atoms with Crippen molar-refractivity contribution in [1.82, 2.24) is 9.55 Å². The van der Waals surface area contributed by atoms with Gasteiger partial charge in [0.2, 0.25) is 0 Å². The van der Waals surface area contributed by atoms with Gasteiger partial charge >= 0.3 is 0 Å². The summed E-state index contributed by atoms with van der Waals surface area (Å²) in [6.45, 7) is 0. The van der Waals surface area contributed by atoms with Crippen LogP contribution in [0.1, 0.15) is 38.9 Å². The van der Waals surface area contributed by atoms with E-state index in [9.17, 15) is 5.41 Å². The molecule has 11 aromatic rings. The highest BCUT2D eigenvalue weighted by Gasteiger charge is 2.47. The molecule has 5 nitrogen and oxygen atoms in total. The van der Waals surface area contributed by atoms with Gasteiger partial charge in [-0.1, -0.05) is 188 Å². The zero-order valence-corrected chi connectivity index (χ0v) is 34.2. The molecule has 0 amide bonds. The molecule has 0 saturated heterocycles. The number of aliphatic imine (C=N–C) groups is 2. The monoisotopic (exact) mass is 805 g/mol. The summed E-state index contributed by atoms with van der Waals surface area (Å²) in [6.07, 6.45) is 1.96. The molecule has 2 aromatic heterocycles. The number of benzene rings is 9. The molecule has 0 radical (unpaired) electrons. The zero-order valence-electron chi connectivity index (χ0n) is 34.2. The van der Waals surface area contributed by atoms with Crippen molar-refractivity contribution in [3.63, 3.8) is 0 Å². The number of hydrogen-bond acceptors (Lipinski definition) is 1. The highest BCUT2D eigenvalue weighted by molar-refractivity contribution is 6.26. The van der Waals surface area contributed by atoms with Crippen molar-refractivity contribution in [3.8, 4) is 16.8 Å². The maximum atomic E-state index is 9.83. The third-order valence-electron chi connectivity index (χ3n) is 12.8. The van der Waals surface area contributed by atoms with Crippen LogP contribution in [0.25, 0.3) is 60.4 Å². The number of nitrogens with one attached hydrogen (secondary N) is 2. The van der Waals surface area contributed by atoms with Crippen molar-refractivity contribution in [2.24, 2.45) is 9.98 Å². The molecule has 5 heteroatoms. The van der Waals surface area contributed by atoms with Gasteiger partial charge < -0.3 is 9.55 Å². The molecule has 0 spiro atoms. The number of hydrogen-bond donors (Lipinski definition) is 2. The van der Waals surface area contributed by atoms with Crippen LogP contribution in [0.3, 0.4) is 0 Å². The van der Waals surface area contributed by atoms with Crippen molar-refractivity contribution < 1.29 is 0 Å². The zero-order chi connectivity index (χ0) is 41.9. The Morgan fingerprint density at radius 1 is 0.524 bits per heavy atom. The van der Waals surface area contributed by atoms with Crippen LogP contribution in [-0.4, -0.2) is 27.4 Å². The van der Waals surface area contributed by atoms with E-state index < -0.39 is 5.41 Å². The molecule has 1 aliphatic rings. The third kappa shape index (κ3) is 5.60. The molecule has 0 atom stereocenters. The van der Waals surface area contributed by atoms with Crippen molar-refractivity contribution in [3.05, 3.63) is 257 Å². The first-order valence-electron chi connectivity index (χ1n) is 21.3. The highest BCUT2D eigenvalue weighted by atomic mass is 15.0. The van der Waals surface area contributed by atoms with Crippen LogP contribution in [0, 0.1) is 5.41 Å². The first-order chi connectivity index (χ1) is 31.2. The van der Waals surface area contributed by atoms with Gasteiger partial charge in [-0.3, -0.25) is 5.41 Å². The Kier molecular flexibility index (Phi) is 8.47. The molecular weight excluding hydrogens is 767 g/mol. The fraction of sp³-hybridized carbons (Fsp3) is 0.0172. The molecule has 9 aromatic carbocycles. The van der Waals surface area contributed by atoms with Gasteiger partial charge in [0.05, 0.1) is 22.1 Å². The van der Waals surface area contributed by atoms with Crippen LogP contribution < -0.4 is 0 Å². The maximum Gasteiger partial charge on any atom is 0.161 e. The Bertz CT molecular complexity index is 3590. The molecule has 63 heavy (non-hydrogen) atoms. The summed E-state index contributed by atoms with van der Waals surface area (Å²) < 4.78 is 2.32. The third-order valence-corrected chi connectivity index (χ3v) is 12.8. The molecule has 296 valence electrons. The van der Waals surface area contributed by atoms with E-state index in [1.807, 2.05) is 54.7 Å². The predicted molar refractivity (Wildman–Crippen MR) is 261 cm³/mol. The number of rotatable bonds is 6. The molecule has 0 unspecified atom stereocenters. The standard InChI is InChI=1S/C58H39N5/c59-56(47-29-13-17-34-52(47)63-51-33-16-12-27-43(51)45-35-36-50-53(55(45)63)46-28-11-15-32-49(46)61-50)62-57(38-19-4-1-5-20-38)60-37-39-21-18-30-44-42-26-10-14-31-48(42)58(54(39)44,40-22-6-2-7-23-40)41-24-8-3-9-25-41/h1-37,59,61H. The van der Waals surface area contributed by atoms with Gasteiger partial charge in [-0.25, -0.2) is 9.98 Å². The van der Waals surface area contributed by atoms with E-state index in [2.05, 4.69) is 179 Å². The highest BCUT2D eigenvalue weighted by Crippen LogP contribution is 2.57. The first kappa shape index (κ1) is 36.4. The average molecular weight is 806 g/mol. The fourth-order valence-corrected chi connectivity index (χ4v) is 10.2. The van der Waals surface area contributed by atoms with Gasteiger partial charge in [0.1, 0.15) is 0 Å². The number of H-pyrrole nitrogens is 1. The summed E-state index contributed by atoms with van der Waals surface area (Å²) in [5.41, 5.74) is 14.3. The fourth-order valence-electron chi connectivity index (χ4n) is 10.2. The van der Waals surface area contributed by atoms with Gasteiger partial charge in [-0.05, 0) is 69.3 Å². The van der Waals surface area contributed by atoms with Crippen molar-refractivity contribution >= 4 is 61.5 Å². The van der Waals surface area contributed by atoms with Crippen LogP contribution in [0.2, 0.25) is 0 Å². The van der Waals surface area contributed by atoms with E-state index in [-0.39, 0.29) is 5.84 Å². The first-order valence-corrected chi connectivity index (χ1v) is 21.3. The normalized spacial score (nSPS) is 13.3. The number of amidine groups is 2. The minimum Gasteiger partial charge on any atom is -0.354 e. The molecule has 2 N–H and O–H groups in total. The van der Waals surface area contributed by atoms with E-state index in [0.29, 0.717) is 11.4 Å². The van der Waals surface area contributed by atoms with Gasteiger partial charge in [0, 0.05) is 49.9 Å². The number of aromatic nitrogens is 2. The number of para-hydroxylation sites is 3. The quantitative estimate of drug-likeness (QED) is 0.124. The SMILES string of the molecule is N=C(N=C(N=Cc1cccc2c1C(c1ccccc1)(c1ccccc1)c1ccccc1-2)c1ccccc1)c1ccccc1-n1c2ccccc2c2ccc3[nH]c4ccccc4c3c21. The molecular formula is C58H39N5. The second-order valence-corrected chi connectivity index (χ2v) is 16.1. The van der Waals surface area contributed by atoms with E-state index in [4.69, 9.17) is 9.98 Å². The molecule has 1 aliphatic carbocycles. The molecule has 12 rings (SSSR count). The number of nitrogens with zero attached hydrogens (tertiary/aromatic N) is 3. The van der Waals surface area contributed by atoms with Crippen LogP contribution >= 0.6 is 0 Å². The lowest BCUT2D eigenvalue weighted by Crippen LogP contribution is -2.29. The lowest BCUT2D eigenvalue weighted by molar-refractivity contribution is 0.767. The molecule has 0 saturated carbocycles. The number of aromatic amines is 1. The minimum absolute atomic E-state index is 0.118. The Morgan fingerprint density at radius 2 is 1.16 bits per heavy atom. The van der Waals surface area contributed by atoms with Crippen molar-refractivity contribution in [2.45, 2.75) is 5.41 Å². The van der Waals surface area contributed by atoms with Crippen molar-refractivity contribution in [2.75, 3.05) is 0 Å².